The van der Waals surface area contributed by atoms with E-state index in [1.807, 2.05) is 33.1 Å². The second-order valence-electron chi connectivity index (χ2n) is 6.56. The van der Waals surface area contributed by atoms with Gasteiger partial charge in [0.1, 0.15) is 5.54 Å². The first-order chi connectivity index (χ1) is 9.85. The Bertz CT molecular complexity index is 301. The highest BCUT2D eigenvalue weighted by molar-refractivity contribution is 5.86. The molecule has 2 N–H and O–H groups in total. The van der Waals surface area contributed by atoms with Crippen LogP contribution in [0.25, 0.3) is 0 Å². The maximum atomic E-state index is 12.7. The number of nitrogens with two attached hydrogens (primary N) is 1. The molecule has 1 amide bonds. The summed E-state index contributed by atoms with van der Waals surface area (Å²) < 4.78 is 5.33. The molecule has 21 heavy (non-hydrogen) atoms. The average Bonchev–Trinajstić information content (AvgIpc) is 2.83. The molecule has 0 aromatic heterocycles. The Morgan fingerprint density at radius 3 is 1.95 bits per heavy atom. The van der Waals surface area contributed by atoms with Gasteiger partial charge in [-0.3, -0.25) is 4.79 Å². The molecular formula is C15H32N4O2. The summed E-state index contributed by atoms with van der Waals surface area (Å²) in [6.45, 7) is 4.43. The van der Waals surface area contributed by atoms with Crippen molar-refractivity contribution < 1.29 is 9.53 Å². The van der Waals surface area contributed by atoms with Gasteiger partial charge in [0.15, 0.2) is 0 Å². The van der Waals surface area contributed by atoms with Gasteiger partial charge in [-0.1, -0.05) is 0 Å². The molecule has 0 saturated carbocycles. The van der Waals surface area contributed by atoms with Gasteiger partial charge in [-0.2, -0.15) is 0 Å². The molecule has 1 aliphatic rings. The lowest BCUT2D eigenvalue weighted by Gasteiger charge is -2.31. The van der Waals surface area contributed by atoms with Crippen molar-refractivity contribution in [3.63, 3.8) is 0 Å². The minimum atomic E-state index is -0.809. The fourth-order valence-electron chi connectivity index (χ4n) is 2.53. The highest BCUT2D eigenvalue weighted by Crippen LogP contribution is 2.19. The number of rotatable bonds is 9. The van der Waals surface area contributed by atoms with E-state index in [1.165, 1.54) is 0 Å². The van der Waals surface area contributed by atoms with Gasteiger partial charge in [-0.05, 0) is 60.5 Å². The van der Waals surface area contributed by atoms with E-state index in [9.17, 15) is 4.79 Å². The van der Waals surface area contributed by atoms with E-state index < -0.39 is 5.54 Å². The fraction of sp³-hybridized carbons (Fsp3) is 0.933. The van der Waals surface area contributed by atoms with Crippen LogP contribution in [0.5, 0.6) is 0 Å². The van der Waals surface area contributed by atoms with E-state index >= 15 is 0 Å². The summed E-state index contributed by atoms with van der Waals surface area (Å²) in [5, 5.41) is 0. The van der Waals surface area contributed by atoms with E-state index in [4.69, 9.17) is 10.5 Å². The third-order valence-corrected chi connectivity index (χ3v) is 3.83. The smallest absolute Gasteiger partial charge is 0.245 e. The van der Waals surface area contributed by atoms with Crippen molar-refractivity contribution in [2.45, 2.75) is 24.8 Å². The molecule has 1 saturated heterocycles. The summed E-state index contributed by atoms with van der Waals surface area (Å²) in [7, 11) is 8.20. The van der Waals surface area contributed by atoms with Gasteiger partial charge in [0.25, 0.3) is 0 Å². The molecule has 0 aromatic carbocycles. The summed E-state index contributed by atoms with van der Waals surface area (Å²) in [5.74, 6) is 0.0533. The molecular weight excluding hydrogens is 268 g/mol. The van der Waals surface area contributed by atoms with E-state index in [-0.39, 0.29) is 5.91 Å². The predicted molar refractivity (Wildman–Crippen MR) is 85.3 cm³/mol. The monoisotopic (exact) mass is 300 g/mol. The van der Waals surface area contributed by atoms with Crippen LogP contribution in [0.4, 0.5) is 0 Å². The summed E-state index contributed by atoms with van der Waals surface area (Å²) in [6, 6.07) is 0. The summed E-state index contributed by atoms with van der Waals surface area (Å²) in [6.07, 6.45) is 2.57. The van der Waals surface area contributed by atoms with E-state index in [1.54, 1.807) is 0 Å². The molecule has 124 valence electrons. The highest BCUT2D eigenvalue weighted by Gasteiger charge is 2.40. The Morgan fingerprint density at radius 1 is 1.05 bits per heavy atom. The molecule has 1 aliphatic heterocycles. The van der Waals surface area contributed by atoms with Crippen LogP contribution < -0.4 is 5.73 Å². The molecule has 1 heterocycles. The molecule has 1 unspecified atom stereocenters. The summed E-state index contributed by atoms with van der Waals surface area (Å²) in [5.41, 5.74) is 5.42. The van der Waals surface area contributed by atoms with Crippen molar-refractivity contribution in [2.24, 2.45) is 5.73 Å². The van der Waals surface area contributed by atoms with Crippen LogP contribution in [-0.4, -0.2) is 93.7 Å². The number of hydrogen-bond donors (Lipinski definition) is 1. The number of ether oxygens (including phenoxy) is 1. The number of amides is 1. The third-order valence-electron chi connectivity index (χ3n) is 3.83. The van der Waals surface area contributed by atoms with Crippen LogP contribution in [0.3, 0.4) is 0 Å². The molecule has 6 heteroatoms. The molecule has 0 aromatic rings. The van der Waals surface area contributed by atoms with Crippen molar-refractivity contribution >= 4 is 5.91 Å². The molecule has 1 rings (SSSR count). The van der Waals surface area contributed by atoms with Gasteiger partial charge in [0.2, 0.25) is 5.91 Å². The quantitative estimate of drug-likeness (QED) is 0.641. The van der Waals surface area contributed by atoms with Gasteiger partial charge >= 0.3 is 0 Å². The number of carbonyl (C=O) groups is 1. The zero-order valence-electron chi connectivity index (χ0n) is 14.1. The Labute approximate surface area is 129 Å². The third kappa shape index (κ3) is 6.30. The topological polar surface area (TPSA) is 62.0 Å². The zero-order valence-corrected chi connectivity index (χ0v) is 14.1. The van der Waals surface area contributed by atoms with Gasteiger partial charge < -0.3 is 25.2 Å². The van der Waals surface area contributed by atoms with Gasteiger partial charge in [-0.15, -0.1) is 0 Å². The highest BCUT2D eigenvalue weighted by atomic mass is 16.5. The van der Waals surface area contributed by atoms with E-state index in [0.29, 0.717) is 19.6 Å². The largest absolute Gasteiger partial charge is 0.379 e. The van der Waals surface area contributed by atoms with Crippen LogP contribution in [-0.2, 0) is 9.53 Å². The first-order valence-electron chi connectivity index (χ1n) is 7.80. The Kier molecular flexibility index (Phi) is 7.59. The van der Waals surface area contributed by atoms with Crippen LogP contribution >= 0.6 is 0 Å². The lowest BCUT2D eigenvalue weighted by Crippen LogP contribution is -2.56. The van der Waals surface area contributed by atoms with Crippen LogP contribution in [0, 0.1) is 0 Å². The maximum absolute atomic E-state index is 12.7. The van der Waals surface area contributed by atoms with Crippen molar-refractivity contribution in [2.75, 3.05) is 67.6 Å². The first-order valence-corrected chi connectivity index (χ1v) is 7.80. The van der Waals surface area contributed by atoms with Gasteiger partial charge in [0, 0.05) is 19.7 Å². The number of nitrogens with zero attached hydrogens (tertiary/aromatic N) is 3. The molecule has 1 atom stereocenters. The second kappa shape index (κ2) is 8.68. The van der Waals surface area contributed by atoms with Crippen molar-refractivity contribution in [3.05, 3.63) is 0 Å². The van der Waals surface area contributed by atoms with E-state index in [0.717, 1.165) is 39.0 Å². The number of hydrogen-bond acceptors (Lipinski definition) is 5. The van der Waals surface area contributed by atoms with E-state index in [2.05, 4.69) is 9.80 Å². The first kappa shape index (κ1) is 18.4. The molecule has 0 bridgehead atoms. The zero-order chi connectivity index (χ0) is 15.9. The molecule has 0 radical (unpaired) electrons. The molecule has 0 aliphatic carbocycles. The van der Waals surface area contributed by atoms with Crippen LogP contribution in [0.2, 0.25) is 0 Å². The van der Waals surface area contributed by atoms with Crippen molar-refractivity contribution in [1.82, 2.24) is 14.7 Å². The molecule has 1 fully saturated rings. The van der Waals surface area contributed by atoms with Crippen molar-refractivity contribution in [3.8, 4) is 0 Å². The SMILES string of the molecule is CN(C)CCCN(CCCN(C)C)C(=O)C1(N)CCOC1. The van der Waals surface area contributed by atoms with Crippen LogP contribution in [0.1, 0.15) is 19.3 Å². The lowest BCUT2D eigenvalue weighted by atomic mass is 9.98. The number of carbonyl (C=O) groups excluding carboxylic acids is 1. The van der Waals surface area contributed by atoms with Gasteiger partial charge in [0.05, 0.1) is 6.61 Å². The predicted octanol–water partition coefficient (Wildman–Crippen LogP) is -0.164. The minimum Gasteiger partial charge on any atom is -0.379 e. The summed E-state index contributed by atoms with van der Waals surface area (Å²) >= 11 is 0. The van der Waals surface area contributed by atoms with Crippen molar-refractivity contribution in [1.29, 1.82) is 0 Å². The average molecular weight is 300 g/mol. The fourth-order valence-corrected chi connectivity index (χ4v) is 2.53. The lowest BCUT2D eigenvalue weighted by molar-refractivity contribution is -0.137. The molecule has 0 spiro atoms. The van der Waals surface area contributed by atoms with Crippen LogP contribution in [0.15, 0.2) is 0 Å². The van der Waals surface area contributed by atoms with Gasteiger partial charge in [-0.25, -0.2) is 0 Å². The Balaban J connectivity index is 2.54. The Morgan fingerprint density at radius 2 is 1.57 bits per heavy atom. The second-order valence-corrected chi connectivity index (χ2v) is 6.56. The molecule has 6 nitrogen and oxygen atoms in total. The minimum absolute atomic E-state index is 0.0533. The summed E-state index contributed by atoms with van der Waals surface area (Å²) in [4.78, 5) is 18.9. The maximum Gasteiger partial charge on any atom is 0.245 e. The standard InChI is InChI=1S/C15H32N4O2/c1-17(2)8-5-10-19(11-6-9-18(3)4)14(20)15(16)7-12-21-13-15/h5-13,16H2,1-4H3. The Hall–Kier alpha value is -0.690. The normalized spacial score (nSPS) is 22.2.